The molecule has 0 bridgehead atoms. The Hall–Kier alpha value is -2.70. The van der Waals surface area contributed by atoms with Crippen molar-refractivity contribution in [2.75, 3.05) is 26.2 Å². The number of benzene rings is 1. The van der Waals surface area contributed by atoms with Gasteiger partial charge in [0.05, 0.1) is 6.20 Å². The van der Waals surface area contributed by atoms with Crippen LogP contribution in [-0.4, -0.2) is 57.6 Å². The Morgan fingerprint density at radius 2 is 1.71 bits per heavy atom. The molecule has 1 aliphatic rings. The molecular formula is C17H19FN4O2. The Bertz CT molecular complexity index is 733. The third kappa shape index (κ3) is 3.61. The molecule has 1 fully saturated rings. The summed E-state index contributed by atoms with van der Waals surface area (Å²) < 4.78 is 14.6. The molecule has 0 aliphatic carbocycles. The van der Waals surface area contributed by atoms with Crippen molar-refractivity contribution in [2.45, 2.75) is 13.5 Å². The van der Waals surface area contributed by atoms with E-state index in [1.165, 1.54) is 24.3 Å². The van der Waals surface area contributed by atoms with Gasteiger partial charge >= 0.3 is 0 Å². The lowest BCUT2D eigenvalue weighted by atomic mass is 10.2. The lowest BCUT2D eigenvalue weighted by Gasteiger charge is -2.34. The number of nitrogens with zero attached hydrogens (tertiary/aromatic N) is 4. The smallest absolute Gasteiger partial charge is 0.253 e. The highest BCUT2D eigenvalue weighted by molar-refractivity contribution is 5.94. The zero-order chi connectivity index (χ0) is 17.1. The maximum absolute atomic E-state index is 12.9. The van der Waals surface area contributed by atoms with Crippen LogP contribution in [0.2, 0.25) is 0 Å². The summed E-state index contributed by atoms with van der Waals surface area (Å²) in [5.74, 6) is -0.507. The maximum Gasteiger partial charge on any atom is 0.253 e. The van der Waals surface area contributed by atoms with Gasteiger partial charge in [-0.25, -0.2) is 4.39 Å². The summed E-state index contributed by atoms with van der Waals surface area (Å²) in [5, 5.41) is 4.11. The van der Waals surface area contributed by atoms with Gasteiger partial charge in [-0.2, -0.15) is 5.10 Å². The standard InChI is InChI=1S/C17H19FN4O2/c1-13-10-19-22(11-13)12-16(23)20-6-8-21(9-7-20)17(24)14-2-4-15(18)5-3-14/h2-5,10-11H,6-9,12H2,1H3. The first-order valence-corrected chi connectivity index (χ1v) is 7.84. The molecule has 0 atom stereocenters. The molecule has 2 amide bonds. The van der Waals surface area contributed by atoms with Crippen molar-refractivity contribution in [3.8, 4) is 0 Å². The van der Waals surface area contributed by atoms with E-state index in [0.717, 1.165) is 5.56 Å². The van der Waals surface area contributed by atoms with Crippen molar-refractivity contribution < 1.29 is 14.0 Å². The van der Waals surface area contributed by atoms with Crippen LogP contribution in [0, 0.1) is 12.7 Å². The van der Waals surface area contributed by atoms with E-state index in [-0.39, 0.29) is 24.2 Å². The molecule has 24 heavy (non-hydrogen) atoms. The van der Waals surface area contributed by atoms with E-state index in [4.69, 9.17) is 0 Å². The Morgan fingerprint density at radius 1 is 1.08 bits per heavy atom. The Morgan fingerprint density at radius 3 is 2.29 bits per heavy atom. The van der Waals surface area contributed by atoms with Gasteiger partial charge in [-0.05, 0) is 36.8 Å². The second kappa shape index (κ2) is 6.82. The predicted octanol–water partition coefficient (Wildman–Crippen LogP) is 1.32. The van der Waals surface area contributed by atoms with Gasteiger partial charge in [0.25, 0.3) is 5.91 Å². The van der Waals surface area contributed by atoms with E-state index < -0.39 is 0 Å². The molecule has 7 heteroatoms. The third-order valence-corrected chi connectivity index (χ3v) is 4.07. The number of rotatable bonds is 3. The van der Waals surface area contributed by atoms with E-state index in [0.29, 0.717) is 31.7 Å². The van der Waals surface area contributed by atoms with Gasteiger partial charge in [0.15, 0.2) is 0 Å². The number of hydrogen-bond donors (Lipinski definition) is 0. The predicted molar refractivity (Wildman–Crippen MR) is 85.8 cm³/mol. The zero-order valence-corrected chi connectivity index (χ0v) is 13.5. The number of piperazine rings is 1. The Kier molecular flexibility index (Phi) is 4.59. The minimum absolute atomic E-state index is 0.00742. The summed E-state index contributed by atoms with van der Waals surface area (Å²) in [7, 11) is 0. The van der Waals surface area contributed by atoms with E-state index in [1.54, 1.807) is 20.7 Å². The van der Waals surface area contributed by atoms with Gasteiger partial charge in [0, 0.05) is 37.9 Å². The van der Waals surface area contributed by atoms with Gasteiger partial charge < -0.3 is 9.80 Å². The zero-order valence-electron chi connectivity index (χ0n) is 13.5. The Balaban J connectivity index is 1.54. The van der Waals surface area contributed by atoms with Crippen LogP contribution in [0.15, 0.2) is 36.7 Å². The second-order valence-electron chi connectivity index (χ2n) is 5.90. The van der Waals surface area contributed by atoms with E-state index in [1.807, 2.05) is 13.1 Å². The van der Waals surface area contributed by atoms with Crippen LogP contribution in [0.25, 0.3) is 0 Å². The largest absolute Gasteiger partial charge is 0.338 e. The van der Waals surface area contributed by atoms with E-state index in [2.05, 4.69) is 5.10 Å². The summed E-state index contributed by atoms with van der Waals surface area (Å²) in [5.41, 5.74) is 1.47. The molecule has 1 aromatic heterocycles. The fourth-order valence-corrected chi connectivity index (χ4v) is 2.73. The Labute approximate surface area is 139 Å². The molecule has 0 spiro atoms. The third-order valence-electron chi connectivity index (χ3n) is 4.07. The topological polar surface area (TPSA) is 58.4 Å². The molecule has 0 radical (unpaired) electrons. The first-order valence-electron chi connectivity index (χ1n) is 7.84. The van der Waals surface area contributed by atoms with Crippen LogP contribution in [0.5, 0.6) is 0 Å². The van der Waals surface area contributed by atoms with Crippen LogP contribution >= 0.6 is 0 Å². The number of aromatic nitrogens is 2. The maximum atomic E-state index is 12.9. The molecule has 1 saturated heterocycles. The monoisotopic (exact) mass is 330 g/mol. The lowest BCUT2D eigenvalue weighted by Crippen LogP contribution is -2.51. The fraction of sp³-hybridized carbons (Fsp3) is 0.353. The van der Waals surface area contributed by atoms with Crippen molar-refractivity contribution in [1.29, 1.82) is 0 Å². The molecule has 2 aromatic rings. The fourth-order valence-electron chi connectivity index (χ4n) is 2.73. The number of aryl methyl sites for hydroxylation is 1. The van der Waals surface area contributed by atoms with Crippen LogP contribution in [0.4, 0.5) is 4.39 Å². The van der Waals surface area contributed by atoms with Crippen LogP contribution in [-0.2, 0) is 11.3 Å². The average Bonchev–Trinajstić information content (AvgIpc) is 3.00. The summed E-state index contributed by atoms with van der Waals surface area (Å²) in [4.78, 5) is 28.1. The number of carbonyl (C=O) groups is 2. The van der Waals surface area contributed by atoms with Gasteiger partial charge in [-0.15, -0.1) is 0 Å². The van der Waals surface area contributed by atoms with Gasteiger partial charge in [0.2, 0.25) is 5.91 Å². The second-order valence-corrected chi connectivity index (χ2v) is 5.90. The molecular weight excluding hydrogens is 311 g/mol. The molecule has 0 N–H and O–H groups in total. The van der Waals surface area contributed by atoms with E-state index >= 15 is 0 Å². The summed E-state index contributed by atoms with van der Waals surface area (Å²) in [6, 6.07) is 5.52. The minimum atomic E-state index is -0.365. The highest BCUT2D eigenvalue weighted by Crippen LogP contribution is 2.10. The minimum Gasteiger partial charge on any atom is -0.338 e. The highest BCUT2D eigenvalue weighted by atomic mass is 19.1. The summed E-state index contributed by atoms with van der Waals surface area (Å²) in [6.45, 7) is 4.06. The molecule has 1 aliphatic heterocycles. The van der Waals surface area contributed by atoms with Crippen molar-refractivity contribution in [3.05, 3.63) is 53.6 Å². The van der Waals surface area contributed by atoms with E-state index in [9.17, 15) is 14.0 Å². The molecule has 3 rings (SSSR count). The normalized spacial score (nSPS) is 14.8. The average molecular weight is 330 g/mol. The van der Waals surface area contributed by atoms with Gasteiger partial charge in [-0.3, -0.25) is 14.3 Å². The molecule has 2 heterocycles. The number of halogens is 1. The molecule has 0 saturated carbocycles. The molecule has 126 valence electrons. The summed E-state index contributed by atoms with van der Waals surface area (Å²) in [6.07, 6.45) is 3.54. The van der Waals surface area contributed by atoms with Crippen molar-refractivity contribution in [1.82, 2.24) is 19.6 Å². The lowest BCUT2D eigenvalue weighted by molar-refractivity contribution is -0.133. The number of carbonyl (C=O) groups excluding carboxylic acids is 2. The quantitative estimate of drug-likeness (QED) is 0.853. The molecule has 1 aromatic carbocycles. The van der Waals surface area contributed by atoms with Crippen molar-refractivity contribution >= 4 is 11.8 Å². The van der Waals surface area contributed by atoms with Crippen molar-refractivity contribution in [2.24, 2.45) is 0 Å². The molecule has 0 unspecified atom stereocenters. The van der Waals surface area contributed by atoms with Crippen LogP contribution < -0.4 is 0 Å². The van der Waals surface area contributed by atoms with Gasteiger partial charge in [-0.1, -0.05) is 0 Å². The summed E-state index contributed by atoms with van der Waals surface area (Å²) >= 11 is 0. The first-order chi connectivity index (χ1) is 11.5. The number of amides is 2. The number of hydrogen-bond acceptors (Lipinski definition) is 3. The molecule has 6 nitrogen and oxygen atoms in total. The SMILES string of the molecule is Cc1cnn(CC(=O)N2CCN(C(=O)c3ccc(F)cc3)CC2)c1. The van der Waals surface area contributed by atoms with Crippen LogP contribution in [0.1, 0.15) is 15.9 Å². The van der Waals surface area contributed by atoms with Crippen molar-refractivity contribution in [3.63, 3.8) is 0 Å². The van der Waals surface area contributed by atoms with Crippen LogP contribution in [0.3, 0.4) is 0 Å². The first kappa shape index (κ1) is 16.2. The highest BCUT2D eigenvalue weighted by Gasteiger charge is 2.25. The van der Waals surface area contributed by atoms with Gasteiger partial charge in [0.1, 0.15) is 12.4 Å².